The molecule has 4 heteroatoms. The number of hydrogen-bond acceptors (Lipinski definition) is 4. The van der Waals surface area contributed by atoms with E-state index in [-0.39, 0.29) is 34.6 Å². The number of carbonyl (C=O) groups is 3. The van der Waals surface area contributed by atoms with Crippen molar-refractivity contribution in [3.05, 3.63) is 0 Å². The summed E-state index contributed by atoms with van der Waals surface area (Å²) < 4.78 is 5.73. The van der Waals surface area contributed by atoms with E-state index in [2.05, 4.69) is 20.8 Å². The highest BCUT2D eigenvalue weighted by Crippen LogP contribution is 2.67. The molecule has 4 nitrogen and oxygen atoms in total. The van der Waals surface area contributed by atoms with Crippen LogP contribution in [0.4, 0.5) is 0 Å². The third-order valence-electron chi connectivity index (χ3n) is 9.53. The van der Waals surface area contributed by atoms with Gasteiger partial charge in [0, 0.05) is 37.5 Å². The summed E-state index contributed by atoms with van der Waals surface area (Å²) in [7, 11) is 0. The summed E-state index contributed by atoms with van der Waals surface area (Å²) in [6.45, 7) is 8.61. The first-order valence-electron chi connectivity index (χ1n) is 11.4. The first-order valence-corrected chi connectivity index (χ1v) is 11.4. The second-order valence-corrected chi connectivity index (χ2v) is 10.6. The molecule has 0 amide bonds. The lowest BCUT2D eigenvalue weighted by Gasteiger charge is -2.59. The Kier molecular flexibility index (Phi) is 4.99. The summed E-state index contributed by atoms with van der Waals surface area (Å²) >= 11 is 0. The molecule has 4 fully saturated rings. The lowest BCUT2D eigenvalue weighted by molar-refractivity contribution is -0.163. The van der Waals surface area contributed by atoms with E-state index in [9.17, 15) is 14.4 Å². The zero-order chi connectivity index (χ0) is 20.3. The minimum atomic E-state index is -0.108. The molecule has 0 aromatic heterocycles. The van der Waals surface area contributed by atoms with Crippen LogP contribution in [-0.2, 0) is 19.1 Å². The highest BCUT2D eigenvalue weighted by atomic mass is 16.5. The first kappa shape index (κ1) is 20.1. The fourth-order valence-corrected chi connectivity index (χ4v) is 8.02. The summed E-state index contributed by atoms with van der Waals surface area (Å²) in [5.41, 5.74) is 0.163. The molecule has 4 saturated carbocycles. The van der Waals surface area contributed by atoms with Crippen molar-refractivity contribution in [3.8, 4) is 0 Å². The maximum Gasteiger partial charge on any atom is 0.305 e. The molecule has 0 aliphatic heterocycles. The molecule has 4 aliphatic carbocycles. The summed E-state index contributed by atoms with van der Waals surface area (Å²) in [5.74, 6) is 2.41. The fraction of sp³-hybridized carbons (Fsp3) is 0.875. The number of rotatable bonds is 3. The third kappa shape index (κ3) is 2.89. The molecular weight excluding hydrogens is 352 g/mol. The van der Waals surface area contributed by atoms with Crippen LogP contribution in [0.3, 0.4) is 0 Å². The molecule has 0 spiro atoms. The minimum absolute atomic E-state index is 0.00756. The standard InChI is InChI=1S/C24H36O4/c1-5-22(27)28-14(2)17-6-7-18-16-13-21(26)20-12-15(25)8-10-24(20,4)19(16)9-11-23(17,18)3/h14,16-20H,5-13H2,1-4H3/t14?,16-,17+,18-,19-,20?,23+,24+/m0/s1. The van der Waals surface area contributed by atoms with Crippen LogP contribution >= 0.6 is 0 Å². The van der Waals surface area contributed by atoms with Crippen molar-refractivity contribution >= 4 is 17.5 Å². The second kappa shape index (κ2) is 6.95. The van der Waals surface area contributed by atoms with Crippen LogP contribution in [-0.4, -0.2) is 23.6 Å². The molecule has 0 bridgehead atoms. The van der Waals surface area contributed by atoms with Crippen molar-refractivity contribution in [2.24, 2.45) is 40.4 Å². The van der Waals surface area contributed by atoms with Crippen molar-refractivity contribution < 1.29 is 19.1 Å². The van der Waals surface area contributed by atoms with Crippen LogP contribution in [0.15, 0.2) is 0 Å². The quantitative estimate of drug-likeness (QED) is 0.656. The molecule has 156 valence electrons. The predicted octanol–water partition coefficient (Wildman–Crippen LogP) is 4.74. The van der Waals surface area contributed by atoms with Crippen molar-refractivity contribution in [3.63, 3.8) is 0 Å². The second-order valence-electron chi connectivity index (χ2n) is 10.6. The van der Waals surface area contributed by atoms with Gasteiger partial charge in [-0.1, -0.05) is 20.8 Å². The average molecular weight is 389 g/mol. The Labute approximate surface area is 169 Å². The van der Waals surface area contributed by atoms with E-state index in [0.29, 0.717) is 55.1 Å². The molecule has 0 heterocycles. The Morgan fingerprint density at radius 3 is 2.50 bits per heavy atom. The van der Waals surface area contributed by atoms with Crippen LogP contribution in [0.1, 0.15) is 85.5 Å². The van der Waals surface area contributed by atoms with E-state index in [1.54, 1.807) is 0 Å². The van der Waals surface area contributed by atoms with Gasteiger partial charge >= 0.3 is 5.97 Å². The average Bonchev–Trinajstić information content (AvgIpc) is 3.00. The lowest BCUT2D eigenvalue weighted by Crippen LogP contribution is -2.57. The number of Topliss-reactive ketones (excluding diaryl/α,β-unsaturated/α-hetero) is 2. The SMILES string of the molecule is CCC(=O)OC(C)[C@H]1CC[C@H]2[C@@H]3CC(=O)C4CC(=O)CC[C@]4(C)[C@H]3CC[C@]12C. The number of carbonyl (C=O) groups excluding carboxylic acids is 3. The maximum atomic E-state index is 13.1. The van der Waals surface area contributed by atoms with Gasteiger partial charge < -0.3 is 4.74 Å². The van der Waals surface area contributed by atoms with Crippen LogP contribution in [0.25, 0.3) is 0 Å². The Balaban J connectivity index is 1.58. The number of hydrogen-bond donors (Lipinski definition) is 0. The predicted molar refractivity (Wildman–Crippen MR) is 106 cm³/mol. The zero-order valence-corrected chi connectivity index (χ0v) is 18.0. The molecule has 4 aliphatic rings. The molecule has 0 aromatic rings. The largest absolute Gasteiger partial charge is 0.462 e. The van der Waals surface area contributed by atoms with Crippen LogP contribution < -0.4 is 0 Å². The molecule has 0 saturated heterocycles. The number of fused-ring (bicyclic) bond motifs is 5. The monoisotopic (exact) mass is 388 g/mol. The van der Waals surface area contributed by atoms with E-state index in [1.807, 2.05) is 6.92 Å². The van der Waals surface area contributed by atoms with E-state index in [0.717, 1.165) is 32.1 Å². The molecule has 0 aromatic carbocycles. The summed E-state index contributed by atoms with van der Waals surface area (Å²) in [5, 5.41) is 0. The summed E-state index contributed by atoms with van der Waals surface area (Å²) in [6.07, 6.45) is 7.60. The van der Waals surface area contributed by atoms with Gasteiger partial charge in [0.2, 0.25) is 0 Å². The van der Waals surface area contributed by atoms with E-state index in [1.165, 1.54) is 0 Å². The van der Waals surface area contributed by atoms with Crippen molar-refractivity contribution in [2.75, 3.05) is 0 Å². The topological polar surface area (TPSA) is 60.4 Å². The maximum absolute atomic E-state index is 13.1. The zero-order valence-electron chi connectivity index (χ0n) is 18.0. The van der Waals surface area contributed by atoms with Crippen molar-refractivity contribution in [2.45, 2.75) is 91.6 Å². The van der Waals surface area contributed by atoms with E-state index < -0.39 is 0 Å². The van der Waals surface area contributed by atoms with Gasteiger partial charge in [0.25, 0.3) is 0 Å². The van der Waals surface area contributed by atoms with E-state index >= 15 is 0 Å². The van der Waals surface area contributed by atoms with Gasteiger partial charge in [0.05, 0.1) is 0 Å². The summed E-state index contributed by atoms with van der Waals surface area (Å²) in [6, 6.07) is 0. The normalized spacial score (nSPS) is 46.4. The molecule has 0 radical (unpaired) electrons. The molecule has 0 N–H and O–H groups in total. The number of ether oxygens (including phenoxy) is 1. The fourth-order valence-electron chi connectivity index (χ4n) is 8.02. The smallest absolute Gasteiger partial charge is 0.305 e. The Morgan fingerprint density at radius 1 is 1.07 bits per heavy atom. The molecule has 4 rings (SSSR count). The Hall–Kier alpha value is -1.19. The molecular formula is C24H36O4. The number of ketones is 2. The van der Waals surface area contributed by atoms with Crippen LogP contribution in [0.5, 0.6) is 0 Å². The van der Waals surface area contributed by atoms with Gasteiger partial charge in [-0.2, -0.15) is 0 Å². The first-order chi connectivity index (χ1) is 13.2. The van der Waals surface area contributed by atoms with Crippen molar-refractivity contribution in [1.82, 2.24) is 0 Å². The lowest BCUT2D eigenvalue weighted by atomic mass is 9.44. The van der Waals surface area contributed by atoms with Gasteiger partial charge in [0.15, 0.2) is 0 Å². The highest BCUT2D eigenvalue weighted by Gasteiger charge is 2.62. The number of esters is 1. The molecule has 2 unspecified atom stereocenters. The Morgan fingerprint density at radius 2 is 1.79 bits per heavy atom. The Bertz CT molecular complexity index is 684. The van der Waals surface area contributed by atoms with Crippen LogP contribution in [0, 0.1) is 40.4 Å². The third-order valence-corrected chi connectivity index (χ3v) is 9.53. The van der Waals surface area contributed by atoms with Crippen LogP contribution in [0.2, 0.25) is 0 Å². The molecule has 28 heavy (non-hydrogen) atoms. The molecule has 8 atom stereocenters. The van der Waals surface area contributed by atoms with Crippen molar-refractivity contribution in [1.29, 1.82) is 0 Å². The summed E-state index contributed by atoms with van der Waals surface area (Å²) in [4.78, 5) is 37.0. The van der Waals surface area contributed by atoms with E-state index in [4.69, 9.17) is 4.74 Å². The van der Waals surface area contributed by atoms with Gasteiger partial charge in [-0.3, -0.25) is 14.4 Å². The van der Waals surface area contributed by atoms with Gasteiger partial charge in [-0.05, 0) is 67.6 Å². The van der Waals surface area contributed by atoms with Gasteiger partial charge in [-0.15, -0.1) is 0 Å². The highest BCUT2D eigenvalue weighted by molar-refractivity contribution is 5.90. The van der Waals surface area contributed by atoms with Gasteiger partial charge in [0.1, 0.15) is 17.7 Å². The van der Waals surface area contributed by atoms with Gasteiger partial charge in [-0.25, -0.2) is 0 Å². The minimum Gasteiger partial charge on any atom is -0.462 e.